The number of piperazine rings is 1. The van der Waals surface area contributed by atoms with Crippen LogP contribution in [0.5, 0.6) is 0 Å². The molecule has 0 bridgehead atoms. The summed E-state index contributed by atoms with van der Waals surface area (Å²) in [5.41, 5.74) is 0.803. The molecule has 1 saturated heterocycles. The van der Waals surface area contributed by atoms with Crippen molar-refractivity contribution in [1.82, 2.24) is 15.1 Å². The highest BCUT2D eigenvalue weighted by Gasteiger charge is 2.53. The first-order valence-electron chi connectivity index (χ1n) is 8.59. The van der Waals surface area contributed by atoms with E-state index in [1.54, 1.807) is 0 Å². The van der Waals surface area contributed by atoms with Crippen molar-refractivity contribution in [3.8, 4) is 0 Å². The van der Waals surface area contributed by atoms with Crippen LogP contribution in [0.4, 0.5) is 0 Å². The fourth-order valence-electron chi connectivity index (χ4n) is 3.41. The summed E-state index contributed by atoms with van der Waals surface area (Å²) >= 11 is 3.50. The third kappa shape index (κ3) is 3.64. The van der Waals surface area contributed by atoms with Crippen molar-refractivity contribution in [3.63, 3.8) is 0 Å². The molecular formula is C18H24BrN3O2. The molecule has 1 aromatic carbocycles. The average Bonchev–Trinajstić information content (AvgIpc) is 3.37. The number of amides is 2. The van der Waals surface area contributed by atoms with Crippen molar-refractivity contribution in [3.05, 3.63) is 34.3 Å². The highest BCUT2D eigenvalue weighted by atomic mass is 79.9. The van der Waals surface area contributed by atoms with E-state index in [1.165, 1.54) is 0 Å². The number of nitrogens with one attached hydrogen (secondary N) is 1. The molecule has 1 N–H and O–H groups in total. The van der Waals surface area contributed by atoms with Crippen molar-refractivity contribution in [2.45, 2.75) is 25.2 Å². The van der Waals surface area contributed by atoms with Crippen LogP contribution in [0.2, 0.25) is 0 Å². The van der Waals surface area contributed by atoms with E-state index < -0.39 is 0 Å². The van der Waals surface area contributed by atoms with Crippen molar-refractivity contribution in [1.29, 1.82) is 0 Å². The summed E-state index contributed by atoms with van der Waals surface area (Å²) in [6, 6.07) is 8.11. The first kappa shape index (κ1) is 17.4. The summed E-state index contributed by atoms with van der Waals surface area (Å²) in [4.78, 5) is 28.8. The topological polar surface area (TPSA) is 52.7 Å². The van der Waals surface area contributed by atoms with Gasteiger partial charge in [0, 0.05) is 37.2 Å². The number of carbonyl (C=O) groups is 2. The molecule has 1 aromatic rings. The Bertz CT molecular complexity index is 622. The summed E-state index contributed by atoms with van der Waals surface area (Å²) in [5, 5.41) is 2.82. The van der Waals surface area contributed by atoms with Gasteiger partial charge < -0.3 is 10.2 Å². The minimum Gasteiger partial charge on any atom is -0.355 e. The quantitative estimate of drug-likeness (QED) is 0.828. The van der Waals surface area contributed by atoms with Crippen LogP contribution in [-0.2, 0) is 15.0 Å². The Morgan fingerprint density at radius 2 is 1.92 bits per heavy atom. The number of hydrogen-bond acceptors (Lipinski definition) is 3. The lowest BCUT2D eigenvalue weighted by atomic mass is 9.94. The fraction of sp³-hybridized carbons (Fsp3) is 0.556. The maximum absolute atomic E-state index is 13.0. The number of likely N-dealkylation sites (N-methyl/N-ethyl adjacent to an activating group) is 1. The minimum absolute atomic E-state index is 0.0603. The van der Waals surface area contributed by atoms with Crippen LogP contribution < -0.4 is 5.32 Å². The van der Waals surface area contributed by atoms with Gasteiger partial charge in [0.25, 0.3) is 0 Å². The second kappa shape index (κ2) is 7.23. The Morgan fingerprint density at radius 3 is 2.50 bits per heavy atom. The van der Waals surface area contributed by atoms with Crippen LogP contribution in [0.3, 0.4) is 0 Å². The maximum atomic E-state index is 13.0. The number of hydrogen-bond donors (Lipinski definition) is 1. The summed E-state index contributed by atoms with van der Waals surface area (Å²) in [6.45, 7) is 5.93. The van der Waals surface area contributed by atoms with Crippen molar-refractivity contribution in [2.75, 3.05) is 39.3 Å². The van der Waals surface area contributed by atoms with Crippen LogP contribution in [0.25, 0.3) is 0 Å². The number of carbonyl (C=O) groups excluding carboxylic acids is 2. The molecule has 1 aliphatic carbocycles. The van der Waals surface area contributed by atoms with Crippen molar-refractivity contribution < 1.29 is 9.59 Å². The van der Waals surface area contributed by atoms with Gasteiger partial charge in [-0.15, -0.1) is 0 Å². The Morgan fingerprint density at radius 1 is 1.21 bits per heavy atom. The van der Waals surface area contributed by atoms with E-state index in [0.29, 0.717) is 26.2 Å². The van der Waals surface area contributed by atoms with Crippen LogP contribution in [-0.4, -0.2) is 60.9 Å². The summed E-state index contributed by atoms with van der Waals surface area (Å²) in [7, 11) is 0. The van der Waals surface area contributed by atoms with E-state index in [4.69, 9.17) is 0 Å². The molecule has 2 aliphatic rings. The first-order valence-corrected chi connectivity index (χ1v) is 9.39. The zero-order chi connectivity index (χ0) is 17.2. The molecule has 0 aromatic heterocycles. The van der Waals surface area contributed by atoms with Crippen molar-refractivity contribution in [2.24, 2.45) is 0 Å². The zero-order valence-corrected chi connectivity index (χ0v) is 15.6. The summed E-state index contributed by atoms with van der Waals surface area (Å²) < 4.78 is 1.02. The van der Waals surface area contributed by atoms with Gasteiger partial charge in [0.15, 0.2) is 0 Å². The second-order valence-electron chi connectivity index (χ2n) is 6.61. The number of rotatable bonds is 5. The minimum atomic E-state index is -0.314. The SMILES string of the molecule is CCNC(=O)CN1CCN(C(=O)C2(c3cccc(Br)c3)CC2)CC1. The molecule has 24 heavy (non-hydrogen) atoms. The molecule has 6 heteroatoms. The summed E-state index contributed by atoms with van der Waals surface area (Å²) in [6.07, 6.45) is 1.86. The Kier molecular flexibility index (Phi) is 5.25. The smallest absolute Gasteiger partial charge is 0.234 e. The van der Waals surface area contributed by atoms with Gasteiger partial charge in [-0.1, -0.05) is 28.1 Å². The van der Waals surface area contributed by atoms with E-state index in [2.05, 4.69) is 38.3 Å². The highest BCUT2D eigenvalue weighted by Crippen LogP contribution is 2.50. The van der Waals surface area contributed by atoms with Gasteiger partial charge in [-0.2, -0.15) is 0 Å². The standard InChI is InChI=1S/C18H24BrN3O2/c1-2-20-16(23)13-21-8-10-22(11-9-21)17(24)18(6-7-18)14-4-3-5-15(19)12-14/h3-5,12H,2,6-11,13H2,1H3,(H,20,23). The number of halogens is 1. The van der Waals surface area contributed by atoms with E-state index in [1.807, 2.05) is 24.0 Å². The normalized spacial score (nSPS) is 19.8. The Hall–Kier alpha value is -1.40. The molecule has 0 spiro atoms. The molecular weight excluding hydrogens is 370 g/mol. The van der Waals surface area contributed by atoms with Gasteiger partial charge in [0.1, 0.15) is 0 Å². The molecule has 3 rings (SSSR count). The summed E-state index contributed by atoms with van der Waals surface area (Å²) in [5.74, 6) is 0.309. The van der Waals surface area contributed by atoms with Gasteiger partial charge in [0.05, 0.1) is 12.0 Å². The lowest BCUT2D eigenvalue weighted by Gasteiger charge is -2.36. The van der Waals surface area contributed by atoms with Gasteiger partial charge in [-0.3, -0.25) is 14.5 Å². The Labute approximate surface area is 151 Å². The molecule has 1 saturated carbocycles. The first-order chi connectivity index (χ1) is 11.5. The largest absolute Gasteiger partial charge is 0.355 e. The monoisotopic (exact) mass is 393 g/mol. The van der Waals surface area contributed by atoms with Gasteiger partial charge in [-0.25, -0.2) is 0 Å². The lowest BCUT2D eigenvalue weighted by molar-refractivity contribution is -0.136. The molecule has 0 atom stereocenters. The molecule has 2 fully saturated rings. The van der Waals surface area contributed by atoms with Crippen LogP contribution in [0.1, 0.15) is 25.3 Å². The third-order valence-corrected chi connectivity index (χ3v) is 5.43. The maximum Gasteiger partial charge on any atom is 0.234 e. The lowest BCUT2D eigenvalue weighted by Crippen LogP contribution is -2.53. The molecule has 0 unspecified atom stereocenters. The predicted molar refractivity (Wildman–Crippen MR) is 96.8 cm³/mol. The van der Waals surface area contributed by atoms with Crippen LogP contribution in [0, 0.1) is 0 Å². The van der Waals surface area contributed by atoms with Gasteiger partial charge >= 0.3 is 0 Å². The fourth-order valence-corrected chi connectivity index (χ4v) is 3.80. The van der Waals surface area contributed by atoms with Crippen LogP contribution >= 0.6 is 15.9 Å². The van der Waals surface area contributed by atoms with E-state index in [0.717, 1.165) is 36.0 Å². The number of nitrogens with zero attached hydrogens (tertiary/aromatic N) is 2. The van der Waals surface area contributed by atoms with E-state index in [9.17, 15) is 9.59 Å². The average molecular weight is 394 g/mol. The van der Waals surface area contributed by atoms with E-state index >= 15 is 0 Å². The van der Waals surface area contributed by atoms with Crippen molar-refractivity contribution >= 4 is 27.7 Å². The number of benzene rings is 1. The third-order valence-electron chi connectivity index (χ3n) is 4.94. The molecule has 2 amide bonds. The zero-order valence-electron chi connectivity index (χ0n) is 14.1. The molecule has 0 radical (unpaired) electrons. The molecule has 5 nitrogen and oxygen atoms in total. The van der Waals surface area contributed by atoms with E-state index in [-0.39, 0.29) is 17.2 Å². The van der Waals surface area contributed by atoms with Gasteiger partial charge in [-0.05, 0) is 37.5 Å². The second-order valence-corrected chi connectivity index (χ2v) is 7.53. The van der Waals surface area contributed by atoms with Gasteiger partial charge in [0.2, 0.25) is 11.8 Å². The molecule has 1 aliphatic heterocycles. The van der Waals surface area contributed by atoms with Crippen LogP contribution in [0.15, 0.2) is 28.7 Å². The molecule has 130 valence electrons. The Balaban J connectivity index is 1.59. The highest BCUT2D eigenvalue weighted by molar-refractivity contribution is 9.10. The predicted octanol–water partition coefficient (Wildman–Crippen LogP) is 1.76. The molecule has 1 heterocycles.